The van der Waals surface area contributed by atoms with E-state index in [0.717, 1.165) is 11.3 Å². The van der Waals surface area contributed by atoms with Gasteiger partial charge in [0.25, 0.3) is 5.91 Å². The Labute approximate surface area is 281 Å². The van der Waals surface area contributed by atoms with E-state index in [1.807, 2.05) is 30.3 Å². The maximum Gasteiger partial charge on any atom is 0.252 e. The molecule has 48 heavy (non-hydrogen) atoms. The molecule has 0 saturated heterocycles. The lowest BCUT2D eigenvalue weighted by Gasteiger charge is -2.30. The summed E-state index contributed by atoms with van der Waals surface area (Å²) in [5.41, 5.74) is 0.560. The Morgan fingerprint density at radius 1 is 0.896 bits per heavy atom. The van der Waals surface area contributed by atoms with E-state index in [0.29, 0.717) is 42.1 Å². The van der Waals surface area contributed by atoms with Gasteiger partial charge in [0.2, 0.25) is 5.90 Å². The molecule has 2 atom stereocenters. The van der Waals surface area contributed by atoms with E-state index in [9.17, 15) is 13.2 Å². The zero-order valence-corrected chi connectivity index (χ0v) is 27.8. The molecule has 0 radical (unpaired) electrons. The molecule has 4 aromatic carbocycles. The van der Waals surface area contributed by atoms with Crippen molar-refractivity contribution >= 4 is 21.6 Å². The number of benzene rings is 4. The Morgan fingerprint density at radius 2 is 1.60 bits per heavy atom. The van der Waals surface area contributed by atoms with Crippen molar-refractivity contribution in [1.29, 1.82) is 0 Å². The first-order chi connectivity index (χ1) is 23.3. The summed E-state index contributed by atoms with van der Waals surface area (Å²) in [7, 11) is -0.632. The van der Waals surface area contributed by atoms with Crippen molar-refractivity contribution in [2.45, 2.75) is 35.8 Å². The second-order valence-corrected chi connectivity index (χ2v) is 13.4. The summed E-state index contributed by atoms with van der Waals surface area (Å²) < 4.78 is 50.1. The molecule has 0 spiro atoms. The molecule has 0 aromatic heterocycles. The largest absolute Gasteiger partial charge is 0.497 e. The monoisotopic (exact) mass is 672 g/mol. The van der Waals surface area contributed by atoms with Gasteiger partial charge in [0.15, 0.2) is 21.5 Å². The van der Waals surface area contributed by atoms with Crippen LogP contribution in [0.3, 0.4) is 0 Å². The molecular formula is C37H40N2O8S. The van der Waals surface area contributed by atoms with Crippen molar-refractivity contribution in [3.8, 4) is 17.2 Å². The topological polar surface area (TPSA) is 133 Å². The molecule has 1 aliphatic rings. The Kier molecular flexibility index (Phi) is 11.4. The first-order valence-corrected chi connectivity index (χ1v) is 17.4. The quantitative estimate of drug-likeness (QED) is 0.160. The molecule has 252 valence electrons. The van der Waals surface area contributed by atoms with Crippen molar-refractivity contribution in [2.75, 3.05) is 39.7 Å². The number of nitrogens with one attached hydrogen (secondary N) is 1. The number of carbonyl (C=O) groups is 1. The van der Waals surface area contributed by atoms with Gasteiger partial charge in [-0.1, -0.05) is 42.5 Å². The van der Waals surface area contributed by atoms with Gasteiger partial charge in [0, 0.05) is 31.6 Å². The van der Waals surface area contributed by atoms with Crippen LogP contribution in [-0.4, -0.2) is 70.6 Å². The third kappa shape index (κ3) is 8.15. The molecule has 4 aromatic rings. The molecule has 0 unspecified atom stereocenters. The van der Waals surface area contributed by atoms with Crippen LogP contribution in [0.4, 0.5) is 0 Å². The van der Waals surface area contributed by atoms with Crippen LogP contribution in [0.2, 0.25) is 0 Å². The van der Waals surface area contributed by atoms with Gasteiger partial charge in [-0.05, 0) is 78.2 Å². The van der Waals surface area contributed by atoms with Gasteiger partial charge >= 0.3 is 0 Å². The number of rotatable bonds is 16. The highest BCUT2D eigenvalue weighted by molar-refractivity contribution is 7.91. The number of amides is 1. The van der Waals surface area contributed by atoms with E-state index in [2.05, 4.69) is 5.32 Å². The smallest absolute Gasteiger partial charge is 0.252 e. The number of sulfone groups is 1. The maximum absolute atomic E-state index is 14.4. The molecular weight excluding hydrogens is 632 g/mol. The second-order valence-electron chi connectivity index (χ2n) is 11.3. The zero-order valence-electron chi connectivity index (χ0n) is 27.0. The summed E-state index contributed by atoms with van der Waals surface area (Å²) in [6.45, 7) is 0.674. The van der Waals surface area contributed by atoms with Crippen LogP contribution in [-0.2, 0) is 25.8 Å². The van der Waals surface area contributed by atoms with Gasteiger partial charge in [0.05, 0.1) is 31.5 Å². The highest BCUT2D eigenvalue weighted by atomic mass is 32.2. The van der Waals surface area contributed by atoms with Crippen molar-refractivity contribution in [2.24, 2.45) is 4.99 Å². The molecule has 10 nitrogen and oxygen atoms in total. The van der Waals surface area contributed by atoms with Crippen LogP contribution >= 0.6 is 0 Å². The maximum atomic E-state index is 14.4. The predicted molar refractivity (Wildman–Crippen MR) is 183 cm³/mol. The fourth-order valence-electron chi connectivity index (χ4n) is 5.48. The average molecular weight is 673 g/mol. The lowest BCUT2D eigenvalue weighted by Crippen LogP contribution is -2.49. The number of aliphatic imine (C=N–C) groups is 1. The number of carbonyl (C=O) groups excluding carboxylic acids is 1. The number of aliphatic hydroxyl groups excluding tert-OH is 1. The average Bonchev–Trinajstić information content (AvgIpc) is 3.53. The zero-order chi connectivity index (χ0) is 34.0. The minimum absolute atomic E-state index is 0.0264. The van der Waals surface area contributed by atoms with Crippen molar-refractivity contribution in [3.05, 3.63) is 120 Å². The Morgan fingerprint density at radius 3 is 2.29 bits per heavy atom. The fourth-order valence-corrected chi connectivity index (χ4v) is 6.86. The number of hydrogen-bond donors (Lipinski definition) is 2. The molecule has 5 rings (SSSR count). The first-order valence-electron chi connectivity index (χ1n) is 15.7. The summed E-state index contributed by atoms with van der Waals surface area (Å²) in [5.74, 6) is 1.29. The van der Waals surface area contributed by atoms with Gasteiger partial charge in [-0.15, -0.1) is 0 Å². The highest BCUT2D eigenvalue weighted by Crippen LogP contribution is 2.44. The van der Waals surface area contributed by atoms with Crippen LogP contribution < -0.4 is 19.5 Å². The van der Waals surface area contributed by atoms with Gasteiger partial charge < -0.3 is 29.4 Å². The number of methoxy groups -OCH3 is 2. The van der Waals surface area contributed by atoms with E-state index in [4.69, 9.17) is 29.0 Å². The van der Waals surface area contributed by atoms with Gasteiger partial charge in [0.1, 0.15) is 17.2 Å². The molecule has 11 heteroatoms. The predicted octanol–water partition coefficient (Wildman–Crippen LogP) is 4.94. The van der Waals surface area contributed by atoms with Crippen molar-refractivity contribution < 1.29 is 37.3 Å². The highest BCUT2D eigenvalue weighted by Gasteiger charge is 2.53. The number of ether oxygens (including phenoxy) is 4. The first kappa shape index (κ1) is 34.5. The summed E-state index contributed by atoms with van der Waals surface area (Å²) in [6, 6.07) is 30.0. The number of aliphatic hydroxyl groups is 1. The van der Waals surface area contributed by atoms with E-state index in [-0.39, 0.29) is 36.1 Å². The third-order valence-electron chi connectivity index (χ3n) is 8.14. The van der Waals surface area contributed by atoms with Crippen LogP contribution in [0.25, 0.3) is 0 Å². The van der Waals surface area contributed by atoms with Crippen LogP contribution in [0.1, 0.15) is 35.6 Å². The molecule has 1 amide bonds. The van der Waals surface area contributed by atoms with E-state index < -0.39 is 27.4 Å². The van der Waals surface area contributed by atoms with Crippen molar-refractivity contribution in [3.63, 3.8) is 0 Å². The fraction of sp³-hybridized carbons (Fsp3) is 0.297. The second kappa shape index (κ2) is 15.8. The number of hydrogen-bond acceptors (Lipinski definition) is 9. The molecule has 1 aliphatic heterocycles. The Balaban J connectivity index is 1.51. The minimum Gasteiger partial charge on any atom is -0.497 e. The summed E-state index contributed by atoms with van der Waals surface area (Å²) in [4.78, 5) is 19.5. The van der Waals surface area contributed by atoms with Gasteiger partial charge in [-0.2, -0.15) is 0 Å². The Hall–Kier alpha value is -4.87. The van der Waals surface area contributed by atoms with Crippen LogP contribution in [0.5, 0.6) is 17.2 Å². The molecule has 1 heterocycles. The van der Waals surface area contributed by atoms with Crippen LogP contribution in [0, 0.1) is 0 Å². The summed E-state index contributed by atoms with van der Waals surface area (Å²) in [5, 5.41) is 12.1. The lowest BCUT2D eigenvalue weighted by atomic mass is 9.85. The lowest BCUT2D eigenvalue weighted by molar-refractivity contribution is -0.129. The molecule has 0 fully saturated rings. The van der Waals surface area contributed by atoms with E-state index in [1.54, 1.807) is 87.0 Å². The SMILES string of the molecule is COc1ccc(CCNC(=O)[C@]2(CCS(=O)(=O)c3ccccc3)N=C(c3ccc(OCCCO)cc3)O[C@@H]2c2cccc(OC)c2)cc1. The van der Waals surface area contributed by atoms with Crippen LogP contribution in [0.15, 0.2) is 113 Å². The van der Waals surface area contributed by atoms with Crippen molar-refractivity contribution in [1.82, 2.24) is 5.32 Å². The standard InChI is InChI=1S/C37H40N2O8S/c1-44-30-16-12-27(13-17-30)20-22-38-36(41)37(21-25-48(42,43)33-10-4-3-5-11-33)34(29-8-6-9-32(26-29)45-2)47-35(39-37)28-14-18-31(19-15-28)46-24-7-23-40/h3-6,8-19,26,34,40H,7,20-25H2,1-2H3,(H,38,41)/t34-,37-/m1/s1. The molecule has 0 bridgehead atoms. The normalized spacial score (nSPS) is 17.2. The van der Waals surface area contributed by atoms with Gasteiger partial charge in [-0.25, -0.2) is 13.4 Å². The summed E-state index contributed by atoms with van der Waals surface area (Å²) in [6.07, 6.45) is -0.0728. The molecule has 2 N–H and O–H groups in total. The van der Waals surface area contributed by atoms with E-state index >= 15 is 0 Å². The van der Waals surface area contributed by atoms with Gasteiger partial charge in [-0.3, -0.25) is 4.79 Å². The minimum atomic E-state index is -3.78. The molecule has 0 saturated carbocycles. The Bertz CT molecular complexity index is 1800. The summed E-state index contributed by atoms with van der Waals surface area (Å²) >= 11 is 0. The third-order valence-corrected chi connectivity index (χ3v) is 9.87. The van der Waals surface area contributed by atoms with E-state index in [1.165, 1.54) is 0 Å². The number of nitrogens with zero attached hydrogens (tertiary/aromatic N) is 1. The molecule has 0 aliphatic carbocycles.